The van der Waals surface area contributed by atoms with E-state index in [1.54, 1.807) is 12.5 Å². The molecular weight excluding hydrogens is 286 g/mol. The minimum atomic E-state index is 0.691. The Bertz CT molecular complexity index is 694. The average Bonchev–Trinajstić information content (AvgIpc) is 3.14. The van der Waals surface area contributed by atoms with Gasteiger partial charge in [0.2, 0.25) is 5.95 Å². The van der Waals surface area contributed by atoms with Crippen molar-refractivity contribution >= 4 is 0 Å². The maximum absolute atomic E-state index is 4.58. The highest BCUT2D eigenvalue weighted by molar-refractivity contribution is 5.14. The molecule has 0 aliphatic rings. The second-order valence-corrected chi connectivity index (χ2v) is 5.59. The molecule has 0 saturated carbocycles. The van der Waals surface area contributed by atoms with Gasteiger partial charge in [0.05, 0.1) is 0 Å². The Morgan fingerprint density at radius 2 is 1.78 bits per heavy atom. The van der Waals surface area contributed by atoms with Gasteiger partial charge < -0.3 is 0 Å². The summed E-state index contributed by atoms with van der Waals surface area (Å²) in [5.41, 5.74) is 2.42. The highest BCUT2D eigenvalue weighted by Crippen LogP contribution is 2.10. The lowest BCUT2D eigenvalue weighted by molar-refractivity contribution is 0.634. The zero-order valence-corrected chi connectivity index (χ0v) is 13.2. The monoisotopic (exact) mass is 307 g/mol. The van der Waals surface area contributed by atoms with Crippen LogP contribution in [0.1, 0.15) is 36.9 Å². The van der Waals surface area contributed by atoms with E-state index in [0.29, 0.717) is 5.95 Å². The van der Waals surface area contributed by atoms with Crippen LogP contribution in [0.25, 0.3) is 5.95 Å². The van der Waals surface area contributed by atoms with Crippen LogP contribution in [0.15, 0.2) is 55.5 Å². The fourth-order valence-electron chi connectivity index (χ4n) is 2.56. The molecule has 3 heterocycles. The van der Waals surface area contributed by atoms with Crippen molar-refractivity contribution in [3.05, 3.63) is 66.8 Å². The van der Waals surface area contributed by atoms with Gasteiger partial charge in [-0.2, -0.15) is 0 Å². The van der Waals surface area contributed by atoms with Crippen LogP contribution in [-0.4, -0.2) is 24.5 Å². The molecule has 0 bridgehead atoms. The Kier molecular flexibility index (Phi) is 5.45. The molecule has 3 aromatic heterocycles. The van der Waals surface area contributed by atoms with Gasteiger partial charge in [0.25, 0.3) is 0 Å². The topological polar surface area (TPSA) is 56.5 Å². The normalized spacial score (nSPS) is 10.8. The Hall–Kier alpha value is -2.56. The van der Waals surface area contributed by atoms with Gasteiger partial charge in [0, 0.05) is 36.7 Å². The van der Waals surface area contributed by atoms with Crippen LogP contribution in [0.2, 0.25) is 0 Å². The van der Waals surface area contributed by atoms with Gasteiger partial charge in [0.15, 0.2) is 0 Å². The summed E-state index contributed by atoms with van der Waals surface area (Å²) in [6.07, 6.45) is 17.9. The zero-order valence-electron chi connectivity index (χ0n) is 13.2. The number of hydrogen-bond donors (Lipinski definition) is 0. The van der Waals surface area contributed by atoms with E-state index < -0.39 is 0 Å². The Morgan fingerprint density at radius 3 is 2.57 bits per heavy atom. The molecule has 0 aliphatic carbocycles. The molecule has 0 spiro atoms. The van der Waals surface area contributed by atoms with E-state index >= 15 is 0 Å². The van der Waals surface area contributed by atoms with Gasteiger partial charge in [-0.25, -0.2) is 15.0 Å². The Balaban J connectivity index is 1.38. The van der Waals surface area contributed by atoms with Crippen molar-refractivity contribution in [2.75, 3.05) is 0 Å². The first-order valence-electron chi connectivity index (χ1n) is 8.11. The number of aromatic nitrogens is 5. The van der Waals surface area contributed by atoms with Crippen LogP contribution in [0.4, 0.5) is 0 Å². The number of unbranched alkanes of at least 4 members (excludes halogenated alkanes) is 3. The molecule has 0 atom stereocenters. The molecule has 0 amide bonds. The van der Waals surface area contributed by atoms with Gasteiger partial charge in [-0.3, -0.25) is 9.55 Å². The van der Waals surface area contributed by atoms with Gasteiger partial charge >= 0.3 is 0 Å². The van der Waals surface area contributed by atoms with Crippen molar-refractivity contribution < 1.29 is 0 Å². The maximum Gasteiger partial charge on any atom is 0.235 e. The van der Waals surface area contributed by atoms with Crippen molar-refractivity contribution in [1.29, 1.82) is 0 Å². The average molecular weight is 307 g/mol. The minimum absolute atomic E-state index is 0.691. The number of imidazole rings is 1. The molecule has 3 rings (SSSR count). The summed E-state index contributed by atoms with van der Waals surface area (Å²) in [6, 6.07) is 6.14. The quantitative estimate of drug-likeness (QED) is 0.598. The standard InChI is InChI=1S/C18H21N5/c1(3-6-16-7-5-10-19-14-16)2-4-8-17-9-11-21-18(22-17)23-13-12-20-15-23/h5,7,9-15H,1-4,6,8H2. The summed E-state index contributed by atoms with van der Waals surface area (Å²) in [5, 5.41) is 0. The smallest absolute Gasteiger partial charge is 0.235 e. The summed E-state index contributed by atoms with van der Waals surface area (Å²) in [5.74, 6) is 0.691. The van der Waals surface area contributed by atoms with E-state index in [0.717, 1.165) is 25.0 Å². The Labute approximate surface area is 136 Å². The molecule has 0 N–H and O–H groups in total. The van der Waals surface area contributed by atoms with Gasteiger partial charge in [-0.15, -0.1) is 0 Å². The SMILES string of the molecule is c1cncc(CCCCCCc2ccnc(-n3ccnc3)n2)c1. The second-order valence-electron chi connectivity index (χ2n) is 5.59. The lowest BCUT2D eigenvalue weighted by Crippen LogP contribution is -2.01. The summed E-state index contributed by atoms with van der Waals surface area (Å²) in [6.45, 7) is 0. The van der Waals surface area contributed by atoms with Crippen molar-refractivity contribution in [3.63, 3.8) is 0 Å². The first-order valence-corrected chi connectivity index (χ1v) is 8.11. The molecule has 3 aromatic rings. The second kappa shape index (κ2) is 8.17. The highest BCUT2D eigenvalue weighted by atomic mass is 15.2. The van der Waals surface area contributed by atoms with E-state index in [4.69, 9.17) is 0 Å². The Morgan fingerprint density at radius 1 is 0.870 bits per heavy atom. The van der Waals surface area contributed by atoms with E-state index in [1.807, 2.05) is 41.5 Å². The van der Waals surface area contributed by atoms with E-state index in [2.05, 4.69) is 26.0 Å². The third kappa shape index (κ3) is 4.71. The van der Waals surface area contributed by atoms with Crippen molar-refractivity contribution in [3.8, 4) is 5.95 Å². The fraction of sp³-hybridized carbons (Fsp3) is 0.333. The molecule has 0 saturated heterocycles. The van der Waals surface area contributed by atoms with Gasteiger partial charge in [-0.1, -0.05) is 18.9 Å². The molecule has 0 unspecified atom stereocenters. The van der Waals surface area contributed by atoms with Gasteiger partial charge in [-0.05, 0) is 43.4 Å². The van der Waals surface area contributed by atoms with Crippen LogP contribution >= 0.6 is 0 Å². The van der Waals surface area contributed by atoms with Crippen LogP contribution < -0.4 is 0 Å². The van der Waals surface area contributed by atoms with E-state index in [1.165, 1.54) is 24.8 Å². The molecule has 23 heavy (non-hydrogen) atoms. The van der Waals surface area contributed by atoms with Crippen LogP contribution in [0.5, 0.6) is 0 Å². The number of rotatable bonds is 8. The lowest BCUT2D eigenvalue weighted by Gasteiger charge is -2.04. The highest BCUT2D eigenvalue weighted by Gasteiger charge is 2.01. The third-order valence-corrected chi connectivity index (χ3v) is 3.81. The maximum atomic E-state index is 4.58. The first kappa shape index (κ1) is 15.3. The van der Waals surface area contributed by atoms with Crippen LogP contribution in [-0.2, 0) is 12.8 Å². The number of pyridine rings is 1. The van der Waals surface area contributed by atoms with Crippen molar-refractivity contribution in [2.24, 2.45) is 0 Å². The fourth-order valence-corrected chi connectivity index (χ4v) is 2.56. The number of aryl methyl sites for hydroxylation is 2. The lowest BCUT2D eigenvalue weighted by atomic mass is 10.1. The van der Waals surface area contributed by atoms with E-state index in [-0.39, 0.29) is 0 Å². The molecule has 0 fully saturated rings. The minimum Gasteiger partial charge on any atom is -0.274 e. The van der Waals surface area contributed by atoms with Crippen molar-refractivity contribution in [2.45, 2.75) is 38.5 Å². The molecular formula is C18H21N5. The summed E-state index contributed by atoms with van der Waals surface area (Å²) in [4.78, 5) is 17.0. The summed E-state index contributed by atoms with van der Waals surface area (Å²) >= 11 is 0. The third-order valence-electron chi connectivity index (χ3n) is 3.81. The molecule has 5 nitrogen and oxygen atoms in total. The molecule has 0 aromatic carbocycles. The van der Waals surface area contributed by atoms with E-state index in [9.17, 15) is 0 Å². The van der Waals surface area contributed by atoms with Crippen LogP contribution in [0.3, 0.4) is 0 Å². The largest absolute Gasteiger partial charge is 0.274 e. The summed E-state index contributed by atoms with van der Waals surface area (Å²) < 4.78 is 1.83. The predicted molar refractivity (Wildman–Crippen MR) is 89.3 cm³/mol. The van der Waals surface area contributed by atoms with Crippen LogP contribution in [0, 0.1) is 0 Å². The summed E-state index contributed by atoms with van der Waals surface area (Å²) in [7, 11) is 0. The van der Waals surface area contributed by atoms with Gasteiger partial charge in [0.1, 0.15) is 6.33 Å². The van der Waals surface area contributed by atoms with Crippen molar-refractivity contribution in [1.82, 2.24) is 24.5 Å². The predicted octanol–water partition coefficient (Wildman–Crippen LogP) is 3.40. The molecule has 0 aliphatic heterocycles. The first-order chi connectivity index (χ1) is 11.4. The molecule has 5 heteroatoms. The number of hydrogen-bond acceptors (Lipinski definition) is 4. The molecule has 118 valence electrons. The molecule has 0 radical (unpaired) electrons. The zero-order chi connectivity index (χ0) is 15.7. The number of nitrogens with zero attached hydrogens (tertiary/aromatic N) is 5.